The highest BCUT2D eigenvalue weighted by Gasteiger charge is 2.39. The van der Waals surface area contributed by atoms with Crippen molar-refractivity contribution in [1.82, 2.24) is 15.1 Å². The molecule has 2 aliphatic heterocycles. The van der Waals surface area contributed by atoms with Crippen molar-refractivity contribution < 1.29 is 14.4 Å². The molecule has 2 aliphatic rings. The van der Waals surface area contributed by atoms with Gasteiger partial charge in [-0.2, -0.15) is 0 Å². The molecule has 2 heterocycles. The molecule has 2 saturated heterocycles. The van der Waals surface area contributed by atoms with Gasteiger partial charge in [-0.25, -0.2) is 4.79 Å². The molecule has 6 nitrogen and oxygen atoms in total. The normalized spacial score (nSPS) is 26.1. The van der Waals surface area contributed by atoms with Crippen molar-refractivity contribution in [1.29, 1.82) is 0 Å². The van der Waals surface area contributed by atoms with Crippen LogP contribution < -0.4 is 5.32 Å². The number of hydrogen-bond donors (Lipinski definition) is 1. The van der Waals surface area contributed by atoms with E-state index in [-0.39, 0.29) is 36.2 Å². The summed E-state index contributed by atoms with van der Waals surface area (Å²) in [4.78, 5) is 39.0. The minimum Gasteiger partial charge on any atom is -0.336 e. The first kappa shape index (κ1) is 15.8. The molecular weight excluding hydrogens is 270 g/mol. The number of urea groups is 1. The average molecular weight is 295 g/mol. The van der Waals surface area contributed by atoms with E-state index in [1.54, 1.807) is 4.90 Å². The molecule has 6 heteroatoms. The SMILES string of the molecule is CC(C)C1CC(=O)N(CCNC(=O)N2CC[C@H](C)C2)C1=O. The van der Waals surface area contributed by atoms with Crippen LogP contribution in [0.15, 0.2) is 0 Å². The topological polar surface area (TPSA) is 69.7 Å². The number of nitrogens with one attached hydrogen (secondary N) is 1. The lowest BCUT2D eigenvalue weighted by Gasteiger charge is -2.19. The van der Waals surface area contributed by atoms with Crippen LogP contribution in [0, 0.1) is 17.8 Å². The molecule has 2 atom stereocenters. The summed E-state index contributed by atoms with van der Waals surface area (Å²) in [6.45, 7) is 8.20. The molecule has 0 spiro atoms. The number of carbonyl (C=O) groups is 3. The van der Waals surface area contributed by atoms with E-state index in [0.717, 1.165) is 19.5 Å². The lowest BCUT2D eigenvalue weighted by molar-refractivity contribution is -0.139. The molecule has 0 aliphatic carbocycles. The van der Waals surface area contributed by atoms with E-state index in [2.05, 4.69) is 12.2 Å². The second kappa shape index (κ2) is 6.45. The molecule has 1 unspecified atom stereocenters. The molecule has 0 saturated carbocycles. The largest absolute Gasteiger partial charge is 0.336 e. The molecule has 0 aromatic heterocycles. The van der Waals surface area contributed by atoms with Gasteiger partial charge in [-0.05, 0) is 18.3 Å². The fourth-order valence-corrected chi connectivity index (χ4v) is 2.97. The molecule has 0 aromatic carbocycles. The van der Waals surface area contributed by atoms with Gasteiger partial charge in [0.15, 0.2) is 0 Å². The van der Waals surface area contributed by atoms with E-state index in [0.29, 0.717) is 18.9 Å². The lowest BCUT2D eigenvalue weighted by atomic mass is 9.94. The van der Waals surface area contributed by atoms with Gasteiger partial charge in [0.2, 0.25) is 11.8 Å². The molecule has 0 aromatic rings. The molecular formula is C15H25N3O3. The highest BCUT2D eigenvalue weighted by molar-refractivity contribution is 6.03. The quantitative estimate of drug-likeness (QED) is 0.789. The van der Waals surface area contributed by atoms with Gasteiger partial charge in [0, 0.05) is 38.5 Å². The van der Waals surface area contributed by atoms with Gasteiger partial charge in [0.05, 0.1) is 0 Å². The molecule has 4 amide bonds. The van der Waals surface area contributed by atoms with Crippen molar-refractivity contribution in [2.75, 3.05) is 26.2 Å². The van der Waals surface area contributed by atoms with Crippen molar-refractivity contribution in [3.05, 3.63) is 0 Å². The third kappa shape index (κ3) is 3.54. The van der Waals surface area contributed by atoms with Gasteiger partial charge in [0.25, 0.3) is 0 Å². The number of imide groups is 1. The van der Waals surface area contributed by atoms with Crippen LogP contribution in [0.5, 0.6) is 0 Å². The lowest BCUT2D eigenvalue weighted by Crippen LogP contribution is -2.43. The van der Waals surface area contributed by atoms with Gasteiger partial charge in [0.1, 0.15) is 0 Å². The Balaban J connectivity index is 1.77. The maximum absolute atomic E-state index is 12.1. The zero-order valence-electron chi connectivity index (χ0n) is 13.1. The van der Waals surface area contributed by atoms with Gasteiger partial charge in [-0.3, -0.25) is 14.5 Å². The molecule has 118 valence electrons. The predicted octanol–water partition coefficient (Wildman–Crippen LogP) is 1.07. The summed E-state index contributed by atoms with van der Waals surface area (Å²) in [6, 6.07) is -0.0983. The molecule has 0 radical (unpaired) electrons. The number of likely N-dealkylation sites (tertiary alicyclic amines) is 2. The fourth-order valence-electron chi connectivity index (χ4n) is 2.97. The van der Waals surface area contributed by atoms with E-state index in [4.69, 9.17) is 0 Å². The zero-order chi connectivity index (χ0) is 15.6. The minimum atomic E-state index is -0.201. The second-order valence-corrected chi connectivity index (χ2v) is 6.51. The maximum atomic E-state index is 12.1. The van der Waals surface area contributed by atoms with E-state index in [9.17, 15) is 14.4 Å². The van der Waals surface area contributed by atoms with Crippen LogP contribution in [0.25, 0.3) is 0 Å². The highest BCUT2D eigenvalue weighted by Crippen LogP contribution is 2.25. The van der Waals surface area contributed by atoms with Crippen LogP contribution in [-0.4, -0.2) is 53.8 Å². The van der Waals surface area contributed by atoms with Crippen molar-refractivity contribution in [3.8, 4) is 0 Å². The highest BCUT2D eigenvalue weighted by atomic mass is 16.2. The summed E-state index contributed by atoms with van der Waals surface area (Å²) in [5.74, 6) is 0.297. The zero-order valence-corrected chi connectivity index (χ0v) is 13.1. The van der Waals surface area contributed by atoms with Crippen molar-refractivity contribution >= 4 is 17.8 Å². The Morgan fingerprint density at radius 3 is 2.62 bits per heavy atom. The van der Waals surface area contributed by atoms with E-state index < -0.39 is 0 Å². The summed E-state index contributed by atoms with van der Waals surface area (Å²) in [5, 5.41) is 2.80. The van der Waals surface area contributed by atoms with Crippen molar-refractivity contribution in [2.45, 2.75) is 33.6 Å². The van der Waals surface area contributed by atoms with Gasteiger partial charge in [-0.1, -0.05) is 20.8 Å². The summed E-state index contributed by atoms with van der Waals surface area (Å²) in [6.07, 6.45) is 1.33. The Morgan fingerprint density at radius 1 is 1.38 bits per heavy atom. The second-order valence-electron chi connectivity index (χ2n) is 6.51. The number of nitrogens with zero attached hydrogens (tertiary/aromatic N) is 2. The summed E-state index contributed by atoms with van der Waals surface area (Å²) >= 11 is 0. The van der Waals surface area contributed by atoms with Crippen LogP contribution in [0.4, 0.5) is 4.79 Å². The van der Waals surface area contributed by atoms with E-state index >= 15 is 0 Å². The Hall–Kier alpha value is -1.59. The molecule has 1 N–H and O–H groups in total. The molecule has 0 bridgehead atoms. The van der Waals surface area contributed by atoms with E-state index in [1.165, 1.54) is 4.90 Å². The van der Waals surface area contributed by atoms with Crippen LogP contribution in [0.1, 0.15) is 33.6 Å². The third-order valence-corrected chi connectivity index (χ3v) is 4.41. The van der Waals surface area contributed by atoms with Crippen LogP contribution >= 0.6 is 0 Å². The number of carbonyl (C=O) groups excluding carboxylic acids is 3. The van der Waals surface area contributed by atoms with Crippen LogP contribution in [0.2, 0.25) is 0 Å². The van der Waals surface area contributed by atoms with Gasteiger partial charge >= 0.3 is 6.03 Å². The maximum Gasteiger partial charge on any atom is 0.317 e. The Kier molecular flexibility index (Phi) is 4.85. The standard InChI is InChI=1S/C15H25N3O3/c1-10(2)12-8-13(19)18(14(12)20)7-5-16-15(21)17-6-4-11(3)9-17/h10-12H,4-9H2,1-3H3,(H,16,21)/t11-,12?/m0/s1. The smallest absolute Gasteiger partial charge is 0.317 e. The Bertz CT molecular complexity index is 436. The summed E-state index contributed by atoms with van der Waals surface area (Å²) in [5.41, 5.74) is 0. The Labute approximate surface area is 125 Å². The van der Waals surface area contributed by atoms with E-state index in [1.807, 2.05) is 13.8 Å². The average Bonchev–Trinajstić information content (AvgIpc) is 2.96. The first-order valence-electron chi connectivity index (χ1n) is 7.77. The summed E-state index contributed by atoms with van der Waals surface area (Å²) < 4.78 is 0. The number of hydrogen-bond acceptors (Lipinski definition) is 3. The minimum absolute atomic E-state index is 0.0981. The first-order valence-corrected chi connectivity index (χ1v) is 7.77. The van der Waals surface area contributed by atoms with Crippen LogP contribution in [-0.2, 0) is 9.59 Å². The first-order chi connectivity index (χ1) is 9.90. The fraction of sp³-hybridized carbons (Fsp3) is 0.800. The molecule has 21 heavy (non-hydrogen) atoms. The predicted molar refractivity (Wildman–Crippen MR) is 78.4 cm³/mol. The van der Waals surface area contributed by atoms with Crippen molar-refractivity contribution in [2.24, 2.45) is 17.8 Å². The Morgan fingerprint density at radius 2 is 2.10 bits per heavy atom. The third-order valence-electron chi connectivity index (χ3n) is 4.41. The van der Waals surface area contributed by atoms with Gasteiger partial charge < -0.3 is 10.2 Å². The molecule has 2 rings (SSSR count). The van der Waals surface area contributed by atoms with Gasteiger partial charge in [-0.15, -0.1) is 0 Å². The van der Waals surface area contributed by atoms with Crippen molar-refractivity contribution in [3.63, 3.8) is 0 Å². The monoisotopic (exact) mass is 295 g/mol. The number of rotatable bonds is 4. The molecule has 2 fully saturated rings. The van der Waals surface area contributed by atoms with Crippen LogP contribution in [0.3, 0.4) is 0 Å². The number of amides is 4. The summed E-state index contributed by atoms with van der Waals surface area (Å²) in [7, 11) is 0.